The predicted molar refractivity (Wildman–Crippen MR) is 131 cm³/mol. The van der Waals surface area contributed by atoms with Crippen LogP contribution in [0.15, 0.2) is 83.7 Å². The Hall–Kier alpha value is -4.92. The molecule has 1 aliphatic rings. The number of aromatic nitrogens is 6. The van der Waals surface area contributed by atoms with Gasteiger partial charge in [0.15, 0.2) is 11.4 Å². The smallest absolute Gasteiger partial charge is 0.230 e. The molecule has 0 unspecified atom stereocenters. The standard InChI is InChI=1S/C27H20N6O3/c1-16-21-22(18-11-6-7-12-19(18)34-2)23-25-29-24(20-13-8-14-35-20)31-32(25)15-28-26(23)36-27(21)33(30-16)17-9-4-3-5-10-17/h3-15,22H,1-2H3/t22-/m1/s1. The molecule has 7 rings (SSSR count). The fraction of sp³-hybridized carbons (Fsp3) is 0.111. The van der Waals surface area contributed by atoms with E-state index in [1.807, 2.05) is 72.3 Å². The minimum Gasteiger partial charge on any atom is -0.496 e. The number of hydrogen-bond acceptors (Lipinski definition) is 7. The molecule has 5 heterocycles. The summed E-state index contributed by atoms with van der Waals surface area (Å²) in [6.07, 6.45) is 3.21. The van der Waals surface area contributed by atoms with Crippen LogP contribution in [0.2, 0.25) is 0 Å². The average Bonchev–Trinajstić information content (AvgIpc) is 3.67. The molecule has 2 aromatic carbocycles. The highest BCUT2D eigenvalue weighted by molar-refractivity contribution is 5.69. The fourth-order valence-corrected chi connectivity index (χ4v) is 4.85. The van der Waals surface area contributed by atoms with Crippen LogP contribution in [0.1, 0.15) is 28.3 Å². The predicted octanol–water partition coefficient (Wildman–Crippen LogP) is 5.17. The van der Waals surface area contributed by atoms with Gasteiger partial charge in [-0.15, -0.1) is 5.10 Å². The Bertz CT molecular complexity index is 1720. The molecule has 0 saturated carbocycles. The number of rotatable bonds is 4. The van der Waals surface area contributed by atoms with Crippen molar-refractivity contribution in [3.05, 3.63) is 102 Å². The lowest BCUT2D eigenvalue weighted by atomic mass is 9.84. The van der Waals surface area contributed by atoms with Gasteiger partial charge < -0.3 is 13.9 Å². The second-order valence-corrected chi connectivity index (χ2v) is 8.47. The first-order valence-corrected chi connectivity index (χ1v) is 11.5. The van der Waals surface area contributed by atoms with Crippen molar-refractivity contribution in [3.8, 4) is 34.8 Å². The number of benzene rings is 2. The number of para-hydroxylation sites is 2. The van der Waals surface area contributed by atoms with Crippen LogP contribution in [-0.2, 0) is 0 Å². The van der Waals surface area contributed by atoms with Gasteiger partial charge in [-0.25, -0.2) is 19.2 Å². The molecule has 9 heteroatoms. The number of methoxy groups -OCH3 is 1. The van der Waals surface area contributed by atoms with E-state index in [-0.39, 0.29) is 5.92 Å². The molecule has 6 aromatic rings. The quantitative estimate of drug-likeness (QED) is 0.346. The summed E-state index contributed by atoms with van der Waals surface area (Å²) in [4.78, 5) is 9.48. The van der Waals surface area contributed by atoms with E-state index in [0.717, 1.165) is 33.8 Å². The summed E-state index contributed by atoms with van der Waals surface area (Å²) in [5.41, 5.74) is 5.03. The molecule has 1 atom stereocenters. The number of hydrogen-bond donors (Lipinski definition) is 0. The first kappa shape index (κ1) is 20.5. The zero-order valence-electron chi connectivity index (χ0n) is 19.5. The van der Waals surface area contributed by atoms with Gasteiger partial charge in [-0.05, 0) is 37.3 Å². The normalized spacial score (nSPS) is 14.3. The zero-order chi connectivity index (χ0) is 24.2. The second-order valence-electron chi connectivity index (χ2n) is 8.47. The van der Waals surface area contributed by atoms with Crippen molar-refractivity contribution in [2.45, 2.75) is 12.8 Å². The zero-order valence-corrected chi connectivity index (χ0v) is 19.5. The number of aryl methyl sites for hydroxylation is 1. The van der Waals surface area contributed by atoms with Gasteiger partial charge in [0.25, 0.3) is 0 Å². The van der Waals surface area contributed by atoms with Crippen molar-refractivity contribution in [3.63, 3.8) is 0 Å². The van der Waals surface area contributed by atoms with Crippen LogP contribution < -0.4 is 9.47 Å². The van der Waals surface area contributed by atoms with Gasteiger partial charge in [0, 0.05) is 5.56 Å². The Balaban J connectivity index is 1.53. The van der Waals surface area contributed by atoms with Crippen LogP contribution in [0.3, 0.4) is 0 Å². The monoisotopic (exact) mass is 476 g/mol. The van der Waals surface area contributed by atoms with Crippen molar-refractivity contribution >= 4 is 5.65 Å². The molecule has 0 bridgehead atoms. The van der Waals surface area contributed by atoms with Crippen LogP contribution in [-0.4, -0.2) is 36.5 Å². The van der Waals surface area contributed by atoms with E-state index in [1.54, 1.807) is 24.2 Å². The highest BCUT2D eigenvalue weighted by Crippen LogP contribution is 2.51. The molecule has 36 heavy (non-hydrogen) atoms. The molecule has 0 radical (unpaired) electrons. The Morgan fingerprint density at radius 3 is 2.56 bits per heavy atom. The van der Waals surface area contributed by atoms with E-state index < -0.39 is 0 Å². The summed E-state index contributed by atoms with van der Waals surface area (Å²) < 4.78 is 21.3. The van der Waals surface area contributed by atoms with Gasteiger partial charge >= 0.3 is 0 Å². The van der Waals surface area contributed by atoms with Crippen molar-refractivity contribution in [1.29, 1.82) is 0 Å². The maximum absolute atomic E-state index is 6.46. The summed E-state index contributed by atoms with van der Waals surface area (Å²) >= 11 is 0. The van der Waals surface area contributed by atoms with Crippen molar-refractivity contribution < 1.29 is 13.9 Å². The average molecular weight is 476 g/mol. The van der Waals surface area contributed by atoms with Crippen LogP contribution >= 0.6 is 0 Å². The van der Waals surface area contributed by atoms with Crippen molar-refractivity contribution in [2.75, 3.05) is 7.11 Å². The molecule has 9 nitrogen and oxygen atoms in total. The first-order chi connectivity index (χ1) is 17.7. The summed E-state index contributed by atoms with van der Waals surface area (Å²) in [7, 11) is 1.67. The lowest BCUT2D eigenvalue weighted by Crippen LogP contribution is -2.16. The summed E-state index contributed by atoms with van der Waals surface area (Å²) in [5.74, 6) is 2.55. The van der Waals surface area contributed by atoms with E-state index >= 15 is 0 Å². The molecular weight excluding hydrogens is 456 g/mol. The van der Waals surface area contributed by atoms with Crippen LogP contribution in [0, 0.1) is 6.92 Å². The lowest BCUT2D eigenvalue weighted by molar-refractivity contribution is 0.393. The van der Waals surface area contributed by atoms with Gasteiger partial charge in [-0.3, -0.25) is 0 Å². The third kappa shape index (κ3) is 2.96. The molecule has 176 valence electrons. The van der Waals surface area contributed by atoms with E-state index in [0.29, 0.717) is 29.0 Å². The van der Waals surface area contributed by atoms with Gasteiger partial charge in [0.1, 0.15) is 12.1 Å². The fourth-order valence-electron chi connectivity index (χ4n) is 4.85. The van der Waals surface area contributed by atoms with Gasteiger partial charge in [-0.2, -0.15) is 5.10 Å². The Labute approximate surface area is 205 Å². The highest BCUT2D eigenvalue weighted by Gasteiger charge is 2.39. The van der Waals surface area contributed by atoms with Crippen LogP contribution in [0.5, 0.6) is 17.5 Å². The maximum atomic E-state index is 6.46. The number of ether oxygens (including phenoxy) is 2. The van der Waals surface area contributed by atoms with E-state index in [2.05, 4.69) is 16.1 Å². The number of fused-ring (bicyclic) bond motifs is 4. The maximum Gasteiger partial charge on any atom is 0.230 e. The molecule has 0 aliphatic carbocycles. The van der Waals surface area contributed by atoms with Crippen molar-refractivity contribution in [1.82, 2.24) is 29.4 Å². The molecule has 0 N–H and O–H groups in total. The Morgan fingerprint density at radius 2 is 1.75 bits per heavy atom. The largest absolute Gasteiger partial charge is 0.496 e. The lowest BCUT2D eigenvalue weighted by Gasteiger charge is -2.27. The minimum atomic E-state index is -0.304. The van der Waals surface area contributed by atoms with Gasteiger partial charge in [-0.1, -0.05) is 36.4 Å². The Morgan fingerprint density at radius 1 is 0.917 bits per heavy atom. The van der Waals surface area contributed by atoms with Crippen molar-refractivity contribution in [2.24, 2.45) is 0 Å². The molecule has 0 amide bonds. The third-order valence-corrected chi connectivity index (χ3v) is 6.41. The molecule has 0 fully saturated rings. The highest BCUT2D eigenvalue weighted by atomic mass is 16.5. The van der Waals surface area contributed by atoms with E-state index in [4.69, 9.17) is 24.0 Å². The van der Waals surface area contributed by atoms with Gasteiger partial charge in [0.2, 0.25) is 17.6 Å². The van der Waals surface area contributed by atoms with Gasteiger partial charge in [0.05, 0.1) is 41.8 Å². The molecule has 0 saturated heterocycles. The summed E-state index contributed by atoms with van der Waals surface area (Å²) in [5, 5.41) is 9.47. The first-order valence-electron chi connectivity index (χ1n) is 11.5. The molecule has 0 spiro atoms. The Kier molecular flexibility index (Phi) is 4.44. The molecule has 1 aliphatic heterocycles. The summed E-state index contributed by atoms with van der Waals surface area (Å²) in [6, 6.07) is 21.5. The van der Waals surface area contributed by atoms with Crippen LogP contribution in [0.4, 0.5) is 0 Å². The second kappa shape index (κ2) is 7.81. The third-order valence-electron chi connectivity index (χ3n) is 6.41. The molecular formula is C27H20N6O3. The van der Waals surface area contributed by atoms with E-state index in [1.165, 1.54) is 0 Å². The topological polar surface area (TPSA) is 92.5 Å². The number of furan rings is 1. The molecule has 4 aromatic heterocycles. The summed E-state index contributed by atoms with van der Waals surface area (Å²) in [6.45, 7) is 1.99. The number of nitrogens with zero attached hydrogens (tertiary/aromatic N) is 6. The van der Waals surface area contributed by atoms with Crippen LogP contribution in [0.25, 0.3) is 22.9 Å². The van der Waals surface area contributed by atoms with E-state index in [9.17, 15) is 0 Å². The SMILES string of the molecule is COc1ccccc1[C@@H]1c2c(C)nn(-c3ccccc3)c2Oc2ncn3nc(-c4ccco4)nc3c21. The minimum absolute atomic E-state index is 0.304.